The third kappa shape index (κ3) is 2.25. The third-order valence-electron chi connectivity index (χ3n) is 5.92. The highest BCUT2D eigenvalue weighted by Crippen LogP contribution is 2.67. The highest BCUT2D eigenvalue weighted by Gasteiger charge is 2.72. The predicted molar refractivity (Wildman–Crippen MR) is 89.4 cm³/mol. The van der Waals surface area contributed by atoms with Gasteiger partial charge in [-0.25, -0.2) is 0 Å². The Balaban J connectivity index is 1.62. The van der Waals surface area contributed by atoms with Gasteiger partial charge < -0.3 is 15.4 Å². The highest BCUT2D eigenvalue weighted by molar-refractivity contribution is 6.38. The second-order valence-electron chi connectivity index (χ2n) is 7.19. The molecule has 2 unspecified atom stereocenters. The van der Waals surface area contributed by atoms with Gasteiger partial charge in [-0.15, -0.1) is 11.6 Å². The fourth-order valence-electron chi connectivity index (χ4n) is 4.28. The lowest BCUT2D eigenvalue weighted by molar-refractivity contribution is -0.142. The smallest absolute Gasteiger partial charge is 0.245 e. The van der Waals surface area contributed by atoms with Crippen LogP contribution in [0.4, 0.5) is 0 Å². The van der Waals surface area contributed by atoms with Crippen molar-refractivity contribution in [2.24, 2.45) is 11.1 Å². The molecular weight excluding hydrogens is 328 g/mol. The van der Waals surface area contributed by atoms with E-state index in [0.29, 0.717) is 32.6 Å². The second-order valence-corrected chi connectivity index (χ2v) is 7.84. The fourth-order valence-corrected chi connectivity index (χ4v) is 4.83. The van der Waals surface area contributed by atoms with Crippen molar-refractivity contribution in [3.05, 3.63) is 35.4 Å². The van der Waals surface area contributed by atoms with Crippen molar-refractivity contribution >= 4 is 23.4 Å². The molecule has 1 saturated carbocycles. The number of benzene rings is 1. The fraction of sp³-hybridized carbons (Fsp3) is 0.556. The molecule has 0 aromatic heterocycles. The number of nitrogens with zero attached hydrogens (tertiary/aromatic N) is 1. The largest absolute Gasteiger partial charge is 0.381 e. The molecule has 3 aliphatic rings. The summed E-state index contributed by atoms with van der Waals surface area (Å²) in [7, 11) is 0. The first-order valence-corrected chi connectivity index (χ1v) is 8.78. The van der Waals surface area contributed by atoms with Gasteiger partial charge in [0.25, 0.3) is 0 Å². The Morgan fingerprint density at radius 2 is 1.88 bits per heavy atom. The lowest BCUT2D eigenvalue weighted by Gasteiger charge is -2.37. The lowest BCUT2D eigenvalue weighted by atomic mass is 9.90. The zero-order chi connectivity index (χ0) is 16.9. The van der Waals surface area contributed by atoms with Crippen LogP contribution in [0.25, 0.3) is 0 Å². The van der Waals surface area contributed by atoms with Gasteiger partial charge in [0.15, 0.2) is 0 Å². The molecule has 128 valence electrons. The van der Waals surface area contributed by atoms with Gasteiger partial charge in [-0.2, -0.15) is 0 Å². The van der Waals surface area contributed by atoms with Crippen molar-refractivity contribution in [2.75, 3.05) is 13.2 Å². The number of ether oxygens (including phenoxy) is 1. The SMILES string of the molecule is NC(=O)C1Cc2ccccc2CN1C(=O)C1(Cl)CC12CCOCC2. The monoisotopic (exact) mass is 348 g/mol. The molecule has 24 heavy (non-hydrogen) atoms. The van der Waals surface area contributed by atoms with E-state index in [-0.39, 0.29) is 11.3 Å². The van der Waals surface area contributed by atoms with E-state index in [2.05, 4.69) is 0 Å². The molecule has 2 N–H and O–H groups in total. The standard InChI is InChI=1S/C18H21ClN2O3/c19-18(11-17(18)5-7-24-8-6-17)16(23)21-10-13-4-2-1-3-12(13)9-14(21)15(20)22/h1-4,14H,5-11H2,(H2,20,22). The maximum absolute atomic E-state index is 13.2. The van der Waals surface area contributed by atoms with Gasteiger partial charge in [-0.05, 0) is 30.4 Å². The molecule has 1 spiro atoms. The van der Waals surface area contributed by atoms with Crippen LogP contribution >= 0.6 is 11.6 Å². The third-order valence-corrected chi connectivity index (χ3v) is 6.62. The van der Waals surface area contributed by atoms with Crippen LogP contribution in [0.3, 0.4) is 0 Å². The number of rotatable bonds is 2. The number of fused-ring (bicyclic) bond motifs is 1. The number of hydrogen-bond donors (Lipinski definition) is 1. The summed E-state index contributed by atoms with van der Waals surface area (Å²) in [5.74, 6) is -0.621. The molecule has 1 aliphatic carbocycles. The van der Waals surface area contributed by atoms with Gasteiger partial charge in [-0.3, -0.25) is 9.59 Å². The molecule has 1 aromatic rings. The highest BCUT2D eigenvalue weighted by atomic mass is 35.5. The van der Waals surface area contributed by atoms with Crippen LogP contribution in [-0.2, 0) is 27.3 Å². The van der Waals surface area contributed by atoms with Crippen LogP contribution in [-0.4, -0.2) is 40.8 Å². The molecule has 2 heterocycles. The number of halogens is 1. The first-order valence-electron chi connectivity index (χ1n) is 8.41. The Hall–Kier alpha value is -1.59. The topological polar surface area (TPSA) is 72.6 Å². The normalized spacial score (nSPS) is 30.7. The van der Waals surface area contributed by atoms with E-state index >= 15 is 0 Å². The van der Waals surface area contributed by atoms with E-state index in [1.807, 2.05) is 24.3 Å². The van der Waals surface area contributed by atoms with E-state index in [1.165, 1.54) is 0 Å². The molecule has 6 heteroatoms. The van der Waals surface area contributed by atoms with Crippen LogP contribution in [0.15, 0.2) is 24.3 Å². The number of primary amides is 1. The summed E-state index contributed by atoms with van der Waals surface area (Å²) in [6.07, 6.45) is 2.72. The molecule has 2 fully saturated rings. The Labute approximate surface area is 146 Å². The summed E-state index contributed by atoms with van der Waals surface area (Å²) in [4.78, 5) is 25.9. The summed E-state index contributed by atoms with van der Waals surface area (Å²) in [6, 6.07) is 7.24. The molecule has 2 aliphatic heterocycles. The second kappa shape index (κ2) is 5.46. The van der Waals surface area contributed by atoms with Crippen molar-refractivity contribution in [3.8, 4) is 0 Å². The Kier molecular flexibility index (Phi) is 3.62. The minimum atomic E-state index is -0.906. The van der Waals surface area contributed by atoms with Gasteiger partial charge in [0.05, 0.1) is 0 Å². The van der Waals surface area contributed by atoms with E-state index < -0.39 is 16.8 Å². The van der Waals surface area contributed by atoms with E-state index in [9.17, 15) is 9.59 Å². The van der Waals surface area contributed by atoms with E-state index in [0.717, 1.165) is 24.0 Å². The Bertz CT molecular complexity index is 701. The number of amides is 2. The average Bonchev–Trinajstić information content (AvgIpc) is 3.17. The first-order chi connectivity index (χ1) is 11.5. The zero-order valence-corrected chi connectivity index (χ0v) is 14.2. The van der Waals surface area contributed by atoms with Gasteiger partial charge in [0.2, 0.25) is 11.8 Å². The van der Waals surface area contributed by atoms with Crippen molar-refractivity contribution in [2.45, 2.75) is 43.1 Å². The molecule has 0 bridgehead atoms. The number of nitrogens with two attached hydrogens (primary N) is 1. The summed E-state index contributed by atoms with van der Waals surface area (Å²) in [5, 5.41) is 0. The molecular formula is C18H21ClN2O3. The minimum absolute atomic E-state index is 0.149. The van der Waals surface area contributed by atoms with Crippen LogP contribution < -0.4 is 5.73 Å². The van der Waals surface area contributed by atoms with Crippen molar-refractivity contribution in [3.63, 3.8) is 0 Å². The minimum Gasteiger partial charge on any atom is -0.381 e. The molecule has 2 atom stereocenters. The quantitative estimate of drug-likeness (QED) is 0.825. The molecule has 1 saturated heterocycles. The first kappa shape index (κ1) is 15.9. The Morgan fingerprint density at radius 3 is 2.54 bits per heavy atom. The maximum atomic E-state index is 13.2. The Morgan fingerprint density at radius 1 is 1.21 bits per heavy atom. The molecule has 1 aromatic carbocycles. The van der Waals surface area contributed by atoms with Gasteiger partial charge >= 0.3 is 0 Å². The number of hydrogen-bond acceptors (Lipinski definition) is 3. The molecule has 4 rings (SSSR count). The molecule has 2 amide bonds. The zero-order valence-electron chi connectivity index (χ0n) is 13.5. The van der Waals surface area contributed by atoms with Gasteiger partial charge in [0.1, 0.15) is 10.9 Å². The number of carbonyl (C=O) groups excluding carboxylic acids is 2. The summed E-state index contributed by atoms with van der Waals surface area (Å²) in [6.45, 7) is 1.68. The maximum Gasteiger partial charge on any atom is 0.245 e. The lowest BCUT2D eigenvalue weighted by Crippen LogP contribution is -2.54. The van der Waals surface area contributed by atoms with Crippen LogP contribution in [0, 0.1) is 5.41 Å². The van der Waals surface area contributed by atoms with Crippen molar-refractivity contribution < 1.29 is 14.3 Å². The van der Waals surface area contributed by atoms with E-state index in [4.69, 9.17) is 22.1 Å². The van der Waals surface area contributed by atoms with Gasteiger partial charge in [-0.1, -0.05) is 24.3 Å². The van der Waals surface area contributed by atoms with Crippen LogP contribution in [0.1, 0.15) is 30.4 Å². The predicted octanol–water partition coefficient (Wildman–Crippen LogP) is 1.60. The van der Waals surface area contributed by atoms with Crippen LogP contribution in [0.5, 0.6) is 0 Å². The average molecular weight is 349 g/mol. The molecule has 5 nitrogen and oxygen atoms in total. The summed E-state index contributed by atoms with van der Waals surface area (Å²) in [5.41, 5.74) is 7.55. The number of alkyl halides is 1. The van der Waals surface area contributed by atoms with Crippen LogP contribution in [0.2, 0.25) is 0 Å². The van der Waals surface area contributed by atoms with Crippen molar-refractivity contribution in [1.29, 1.82) is 0 Å². The van der Waals surface area contributed by atoms with Gasteiger partial charge in [0, 0.05) is 31.6 Å². The van der Waals surface area contributed by atoms with E-state index in [1.54, 1.807) is 4.90 Å². The molecule has 0 radical (unpaired) electrons. The summed E-state index contributed by atoms with van der Waals surface area (Å²) >= 11 is 6.76. The summed E-state index contributed by atoms with van der Waals surface area (Å²) < 4.78 is 5.41. The van der Waals surface area contributed by atoms with Crippen molar-refractivity contribution in [1.82, 2.24) is 4.90 Å². The number of carbonyl (C=O) groups is 2.